The topological polar surface area (TPSA) is 156 Å². The van der Waals surface area contributed by atoms with Crippen LogP contribution in [0.15, 0.2) is 41.6 Å². The van der Waals surface area contributed by atoms with Crippen LogP contribution < -0.4 is 15.4 Å². The molecule has 238 valence electrons. The van der Waals surface area contributed by atoms with Gasteiger partial charge in [0, 0.05) is 12.3 Å². The number of fused-ring (bicyclic) bond motifs is 2. The Balaban J connectivity index is 1.35. The van der Waals surface area contributed by atoms with E-state index in [-0.39, 0.29) is 31.4 Å². The third-order valence-electron chi connectivity index (χ3n) is 8.99. The largest absolute Gasteiger partial charge is 0.497 e. The number of benzene rings is 1. The highest BCUT2D eigenvalue weighted by atomic mass is 16.6. The number of carboxylic acid groups (broad SMARTS) is 1. The zero-order valence-corrected chi connectivity index (χ0v) is 25.1. The van der Waals surface area contributed by atoms with Gasteiger partial charge in [-0.15, -0.1) is 0 Å². The predicted molar refractivity (Wildman–Crippen MR) is 160 cm³/mol. The van der Waals surface area contributed by atoms with Crippen molar-refractivity contribution in [3.05, 3.63) is 42.0 Å². The smallest absolute Gasteiger partial charge is 0.408 e. The summed E-state index contributed by atoms with van der Waals surface area (Å²) in [5, 5.41) is 19.6. The standard InChI is InChI=1S/C32H42N4O8/c1-42-24-14-9-10-21(16-24)19-33-44-25-17-27-28(37)35-32(30(39)40)18-22(32)11-5-3-2-4-6-15-26(29(38)36(27)20-25)34-31(41)43-23-12-7-8-13-23/h5,9-11,14,16,19,22-23,25-27H,2-4,6-8,12-13,15,17-18,20H2,1H3,(H,34,41)(H,35,37)(H,39,40)/b11-5-,33-19+/t22-,25-,26+,27+,32?/m1/s1. The van der Waals surface area contributed by atoms with E-state index in [9.17, 15) is 24.3 Å². The zero-order chi connectivity index (χ0) is 31.1. The maximum Gasteiger partial charge on any atom is 0.408 e. The van der Waals surface area contributed by atoms with E-state index in [2.05, 4.69) is 15.8 Å². The molecule has 2 aliphatic heterocycles. The second-order valence-corrected chi connectivity index (χ2v) is 12.1. The lowest BCUT2D eigenvalue weighted by atomic mass is 10.0. The molecule has 3 fully saturated rings. The van der Waals surface area contributed by atoms with Crippen molar-refractivity contribution >= 4 is 30.1 Å². The summed E-state index contributed by atoms with van der Waals surface area (Å²) in [6, 6.07) is 5.34. The van der Waals surface area contributed by atoms with Gasteiger partial charge in [0.25, 0.3) is 0 Å². The van der Waals surface area contributed by atoms with Crippen LogP contribution in [0.5, 0.6) is 5.75 Å². The van der Waals surface area contributed by atoms with Crippen LogP contribution >= 0.6 is 0 Å². The summed E-state index contributed by atoms with van der Waals surface area (Å²) in [7, 11) is 1.57. The third kappa shape index (κ3) is 7.51. The average Bonchev–Trinajstić information content (AvgIpc) is 3.30. The number of rotatable bonds is 7. The quantitative estimate of drug-likeness (QED) is 0.241. The number of amides is 3. The van der Waals surface area contributed by atoms with Crippen molar-refractivity contribution in [2.75, 3.05) is 13.7 Å². The van der Waals surface area contributed by atoms with Crippen molar-refractivity contribution in [2.45, 2.75) is 100 Å². The summed E-state index contributed by atoms with van der Waals surface area (Å²) in [5.41, 5.74) is -0.665. The molecule has 4 aliphatic rings. The number of aliphatic carboxylic acids is 1. The number of ether oxygens (including phenoxy) is 2. The maximum absolute atomic E-state index is 14.0. The maximum atomic E-state index is 14.0. The van der Waals surface area contributed by atoms with Crippen LogP contribution in [-0.4, -0.2) is 83.6 Å². The van der Waals surface area contributed by atoms with E-state index in [0.717, 1.165) is 50.5 Å². The van der Waals surface area contributed by atoms with Crippen LogP contribution in [0.3, 0.4) is 0 Å². The SMILES string of the molecule is COc1cccc(/C=N/O[C@@H]2C[C@H]3C(=O)NC4(C(=O)O)C[C@H]4/C=C\CCCCC[C@H](NC(=O)OC4CCCC4)C(=O)N3C2)c1. The summed E-state index contributed by atoms with van der Waals surface area (Å²) in [4.78, 5) is 60.0. The highest BCUT2D eigenvalue weighted by Crippen LogP contribution is 2.45. The first kappa shape index (κ1) is 31.3. The summed E-state index contributed by atoms with van der Waals surface area (Å²) in [6.07, 6.45) is 11.4. The number of allylic oxidation sites excluding steroid dienone is 1. The van der Waals surface area contributed by atoms with Crippen molar-refractivity contribution < 1.29 is 38.6 Å². The number of carbonyl (C=O) groups excluding carboxylic acids is 3. The Bertz CT molecular complexity index is 1280. The lowest BCUT2D eigenvalue weighted by molar-refractivity contribution is -0.145. The fraction of sp³-hybridized carbons (Fsp3) is 0.594. The molecule has 12 nitrogen and oxygen atoms in total. The summed E-state index contributed by atoms with van der Waals surface area (Å²) in [6.45, 7) is 0.0472. The highest BCUT2D eigenvalue weighted by molar-refractivity contribution is 5.96. The first-order valence-corrected chi connectivity index (χ1v) is 15.6. The fourth-order valence-corrected chi connectivity index (χ4v) is 6.37. The van der Waals surface area contributed by atoms with Gasteiger partial charge in [-0.05, 0) is 69.1 Å². The number of alkyl carbamates (subject to hydrolysis) is 1. The second kappa shape index (κ2) is 14.1. The van der Waals surface area contributed by atoms with Crippen LogP contribution in [-0.2, 0) is 24.0 Å². The van der Waals surface area contributed by atoms with Crippen LogP contribution in [0.1, 0.15) is 76.2 Å². The van der Waals surface area contributed by atoms with Gasteiger partial charge in [-0.25, -0.2) is 9.59 Å². The van der Waals surface area contributed by atoms with Gasteiger partial charge in [-0.3, -0.25) is 9.59 Å². The third-order valence-corrected chi connectivity index (χ3v) is 8.99. The molecule has 3 amide bonds. The molecule has 1 saturated heterocycles. The van der Waals surface area contributed by atoms with Gasteiger partial charge in [-0.1, -0.05) is 42.3 Å². The van der Waals surface area contributed by atoms with Crippen LogP contribution in [0.25, 0.3) is 0 Å². The highest BCUT2D eigenvalue weighted by Gasteiger charge is 2.61. The van der Waals surface area contributed by atoms with E-state index in [4.69, 9.17) is 14.3 Å². The van der Waals surface area contributed by atoms with E-state index in [1.165, 1.54) is 11.1 Å². The van der Waals surface area contributed by atoms with E-state index in [0.29, 0.717) is 18.6 Å². The molecule has 1 unspecified atom stereocenters. The number of oxime groups is 1. The molecule has 3 N–H and O–H groups in total. The Labute approximate surface area is 257 Å². The van der Waals surface area contributed by atoms with Gasteiger partial charge in [0.2, 0.25) is 11.8 Å². The minimum Gasteiger partial charge on any atom is -0.497 e. The van der Waals surface area contributed by atoms with Crippen molar-refractivity contribution in [1.82, 2.24) is 15.5 Å². The Morgan fingerprint density at radius 1 is 1.11 bits per heavy atom. The van der Waals surface area contributed by atoms with E-state index in [1.807, 2.05) is 30.4 Å². The number of nitrogens with zero attached hydrogens (tertiary/aromatic N) is 2. The molecule has 2 heterocycles. The average molecular weight is 611 g/mol. The summed E-state index contributed by atoms with van der Waals surface area (Å²) >= 11 is 0. The van der Waals surface area contributed by atoms with Crippen molar-refractivity contribution in [3.63, 3.8) is 0 Å². The molecular weight excluding hydrogens is 568 g/mol. The predicted octanol–water partition coefficient (Wildman–Crippen LogP) is 3.53. The lowest BCUT2D eigenvalue weighted by Crippen LogP contribution is -2.56. The molecule has 5 rings (SSSR count). The summed E-state index contributed by atoms with van der Waals surface area (Å²) < 4.78 is 10.8. The minimum atomic E-state index is -1.41. The number of hydrogen-bond donors (Lipinski definition) is 3. The van der Waals surface area contributed by atoms with Gasteiger partial charge in [-0.2, -0.15) is 0 Å². The number of methoxy groups -OCH3 is 1. The Kier molecular flexibility index (Phi) is 10.1. The molecule has 1 aromatic carbocycles. The van der Waals surface area contributed by atoms with Gasteiger partial charge in [0.1, 0.15) is 35.6 Å². The molecule has 0 spiro atoms. The molecule has 5 atom stereocenters. The molecule has 2 aliphatic carbocycles. The van der Waals surface area contributed by atoms with E-state index < -0.39 is 47.6 Å². The van der Waals surface area contributed by atoms with Gasteiger partial charge < -0.3 is 35.0 Å². The Morgan fingerprint density at radius 3 is 2.68 bits per heavy atom. The van der Waals surface area contributed by atoms with Crippen LogP contribution in [0.2, 0.25) is 0 Å². The van der Waals surface area contributed by atoms with E-state index in [1.54, 1.807) is 13.2 Å². The zero-order valence-electron chi connectivity index (χ0n) is 25.1. The molecule has 1 aromatic rings. The van der Waals surface area contributed by atoms with Gasteiger partial charge in [0.15, 0.2) is 0 Å². The second-order valence-electron chi connectivity index (χ2n) is 12.1. The van der Waals surface area contributed by atoms with Crippen molar-refractivity contribution in [1.29, 1.82) is 0 Å². The Hall–Kier alpha value is -4.09. The molecular formula is C32H42N4O8. The van der Waals surface area contributed by atoms with Crippen LogP contribution in [0.4, 0.5) is 4.79 Å². The van der Waals surface area contributed by atoms with E-state index >= 15 is 0 Å². The normalized spacial score (nSPS) is 30.3. The molecule has 44 heavy (non-hydrogen) atoms. The first-order valence-electron chi connectivity index (χ1n) is 15.6. The van der Waals surface area contributed by atoms with Crippen molar-refractivity contribution in [2.24, 2.45) is 11.1 Å². The number of carbonyl (C=O) groups is 4. The number of hydrogen-bond acceptors (Lipinski definition) is 8. The molecule has 12 heteroatoms. The monoisotopic (exact) mass is 610 g/mol. The lowest BCUT2D eigenvalue weighted by Gasteiger charge is -2.29. The van der Waals surface area contributed by atoms with Crippen LogP contribution in [0, 0.1) is 5.92 Å². The number of nitrogens with one attached hydrogen (secondary N) is 2. The molecule has 0 bridgehead atoms. The minimum absolute atomic E-state index is 0.0472. The van der Waals surface area contributed by atoms with Crippen molar-refractivity contribution in [3.8, 4) is 5.75 Å². The molecule has 2 saturated carbocycles. The molecule has 0 aromatic heterocycles. The number of carboxylic acids is 1. The van der Waals surface area contributed by atoms with Gasteiger partial charge >= 0.3 is 12.1 Å². The Morgan fingerprint density at radius 2 is 1.91 bits per heavy atom. The van der Waals surface area contributed by atoms with Gasteiger partial charge in [0.05, 0.1) is 19.9 Å². The first-order chi connectivity index (χ1) is 21.3. The fourth-order valence-electron chi connectivity index (χ4n) is 6.37. The molecule has 0 radical (unpaired) electrons. The summed E-state index contributed by atoms with van der Waals surface area (Å²) in [5.74, 6) is -1.76.